The van der Waals surface area contributed by atoms with Gasteiger partial charge in [-0.2, -0.15) is 0 Å². The van der Waals surface area contributed by atoms with E-state index < -0.39 is 5.41 Å². The molecule has 13 aromatic rings. The summed E-state index contributed by atoms with van der Waals surface area (Å²) in [6.45, 7) is 0. The van der Waals surface area contributed by atoms with Gasteiger partial charge in [0.1, 0.15) is 28.1 Å². The van der Waals surface area contributed by atoms with E-state index in [1.807, 2.05) is 29.5 Å². The smallest absolute Gasteiger partial charge is 0.144 e. The average molecular weight is 825 g/mol. The summed E-state index contributed by atoms with van der Waals surface area (Å²) in [4.78, 5) is 0. The summed E-state index contributed by atoms with van der Waals surface area (Å²) in [6.07, 6.45) is 0. The predicted octanol–water partition coefficient (Wildman–Crippen LogP) is 16.8. The zero-order valence-corrected chi connectivity index (χ0v) is 34.5. The monoisotopic (exact) mass is 824 g/mol. The van der Waals surface area contributed by atoms with Crippen LogP contribution in [0.1, 0.15) is 22.3 Å². The highest BCUT2D eigenvalue weighted by Crippen LogP contribution is 2.63. The van der Waals surface area contributed by atoms with Gasteiger partial charge in [0.2, 0.25) is 0 Å². The van der Waals surface area contributed by atoms with Crippen LogP contribution in [0.25, 0.3) is 108 Å². The molecule has 10 aromatic carbocycles. The highest BCUT2D eigenvalue weighted by Gasteiger charge is 2.50. The van der Waals surface area contributed by atoms with E-state index in [1.54, 1.807) is 12.1 Å². The molecule has 0 fully saturated rings. The first-order chi connectivity index (χ1) is 31.1. The maximum atomic E-state index is 16.1. The number of para-hydroxylation sites is 2. The van der Waals surface area contributed by atoms with Crippen LogP contribution in [0.4, 0.5) is 4.39 Å². The summed E-state index contributed by atoms with van der Waals surface area (Å²) in [6, 6.07) is 69.9. The fourth-order valence-electron chi connectivity index (χ4n) is 11.0. The summed E-state index contributed by atoms with van der Waals surface area (Å²) in [5.41, 5.74) is 12.5. The van der Waals surface area contributed by atoms with E-state index in [9.17, 15) is 0 Å². The molecule has 0 N–H and O–H groups in total. The van der Waals surface area contributed by atoms with Crippen molar-refractivity contribution in [3.05, 3.63) is 228 Å². The van der Waals surface area contributed by atoms with E-state index in [0.29, 0.717) is 0 Å². The van der Waals surface area contributed by atoms with Gasteiger partial charge in [-0.05, 0) is 92.7 Å². The third-order valence-corrected chi connectivity index (χ3v) is 14.8. The summed E-state index contributed by atoms with van der Waals surface area (Å²) in [7, 11) is 0. The first-order valence-electron chi connectivity index (χ1n) is 21.3. The SMILES string of the molecule is Fc1cccc(C2(c3ccccc3)c3cc(-c4ccc5ccccc5c4)c4c(oc5ccccc54)c3-c3c2cc(-c2cccc4c2sc2ccccc24)c2oc4ccccc4c32)c1. The van der Waals surface area contributed by atoms with Crippen LogP contribution in [0.3, 0.4) is 0 Å². The number of halogens is 1. The fourth-order valence-corrected chi connectivity index (χ4v) is 12.2. The van der Waals surface area contributed by atoms with Gasteiger partial charge in [-0.1, -0.05) is 152 Å². The molecule has 0 bridgehead atoms. The highest BCUT2D eigenvalue weighted by atomic mass is 32.1. The third kappa shape index (κ3) is 4.71. The Labute approximate surface area is 364 Å². The number of thiophene rings is 1. The van der Waals surface area contributed by atoms with Crippen molar-refractivity contribution in [3.8, 4) is 33.4 Å². The van der Waals surface area contributed by atoms with E-state index in [0.717, 1.165) is 105 Å². The van der Waals surface area contributed by atoms with Gasteiger partial charge in [-0.25, -0.2) is 4.39 Å². The molecule has 294 valence electrons. The second kappa shape index (κ2) is 12.9. The van der Waals surface area contributed by atoms with Crippen molar-refractivity contribution < 1.29 is 13.2 Å². The van der Waals surface area contributed by atoms with Crippen molar-refractivity contribution in [2.75, 3.05) is 0 Å². The van der Waals surface area contributed by atoms with Crippen LogP contribution in [0.5, 0.6) is 0 Å². The van der Waals surface area contributed by atoms with Crippen LogP contribution in [-0.2, 0) is 5.41 Å². The minimum absolute atomic E-state index is 0.289. The van der Waals surface area contributed by atoms with Crippen LogP contribution in [0.2, 0.25) is 0 Å². The normalized spacial score (nSPS) is 14.8. The van der Waals surface area contributed by atoms with Crippen LogP contribution in [0.15, 0.2) is 209 Å². The highest BCUT2D eigenvalue weighted by molar-refractivity contribution is 7.26. The van der Waals surface area contributed by atoms with Crippen LogP contribution < -0.4 is 0 Å². The van der Waals surface area contributed by atoms with Gasteiger partial charge in [-0.3, -0.25) is 0 Å². The molecule has 0 aliphatic heterocycles. The molecule has 2 nitrogen and oxygen atoms in total. The fraction of sp³-hybridized carbons (Fsp3) is 0.0169. The summed E-state index contributed by atoms with van der Waals surface area (Å²) < 4.78 is 32.9. The maximum Gasteiger partial charge on any atom is 0.144 e. The molecule has 14 rings (SSSR count). The van der Waals surface area contributed by atoms with Crippen molar-refractivity contribution in [1.29, 1.82) is 0 Å². The Bertz CT molecular complexity index is 4060. The number of fused-ring (bicyclic) bond motifs is 15. The van der Waals surface area contributed by atoms with Gasteiger partial charge < -0.3 is 8.83 Å². The Morgan fingerprint density at radius 2 is 1.05 bits per heavy atom. The Kier molecular flexibility index (Phi) is 7.12. The second-order valence-corrected chi connectivity index (χ2v) is 17.8. The maximum absolute atomic E-state index is 16.1. The Balaban J connectivity index is 1.23. The first-order valence-corrected chi connectivity index (χ1v) is 22.2. The molecule has 0 amide bonds. The lowest BCUT2D eigenvalue weighted by Gasteiger charge is -2.34. The topological polar surface area (TPSA) is 26.3 Å². The molecular weight excluding hydrogens is 792 g/mol. The lowest BCUT2D eigenvalue weighted by Crippen LogP contribution is -2.29. The van der Waals surface area contributed by atoms with Gasteiger partial charge in [-0.15, -0.1) is 11.3 Å². The minimum Gasteiger partial charge on any atom is -0.455 e. The molecule has 4 heteroatoms. The van der Waals surface area contributed by atoms with Gasteiger partial charge in [0.15, 0.2) is 0 Å². The Morgan fingerprint density at radius 1 is 0.413 bits per heavy atom. The molecule has 63 heavy (non-hydrogen) atoms. The standard InChI is InChI=1S/C59H33FO2S/c60-39-19-12-18-38(31-39)59(37-16-2-1-3-17-37)47-33-46(42-24-13-23-41-40-20-8-11-27-51(40)63-58(41)42)56-53(44-22-7-10-26-50(44)61-56)54(47)55-48(59)32-45(36-29-28-34-14-4-5-15-35(34)30-36)52-43-21-6-9-25-49(43)62-57(52)55/h1-33H. The molecule has 3 aromatic heterocycles. The average Bonchev–Trinajstić information content (AvgIpc) is 4.09. The van der Waals surface area contributed by atoms with Gasteiger partial charge in [0.25, 0.3) is 0 Å². The molecule has 1 aliphatic carbocycles. The lowest BCUT2D eigenvalue weighted by atomic mass is 9.67. The van der Waals surface area contributed by atoms with Gasteiger partial charge in [0.05, 0.1) is 5.41 Å². The molecule has 0 radical (unpaired) electrons. The van der Waals surface area contributed by atoms with Crippen molar-refractivity contribution in [3.63, 3.8) is 0 Å². The van der Waals surface area contributed by atoms with Gasteiger partial charge in [0, 0.05) is 64.0 Å². The van der Waals surface area contributed by atoms with Crippen molar-refractivity contribution in [2.45, 2.75) is 5.41 Å². The molecule has 1 atom stereocenters. The van der Waals surface area contributed by atoms with E-state index >= 15 is 4.39 Å². The molecule has 0 saturated carbocycles. The van der Waals surface area contributed by atoms with Crippen molar-refractivity contribution in [1.82, 2.24) is 0 Å². The van der Waals surface area contributed by atoms with E-state index in [1.165, 1.54) is 25.6 Å². The zero-order chi connectivity index (χ0) is 41.4. The summed E-state index contributed by atoms with van der Waals surface area (Å²) in [5, 5.41) is 8.92. The van der Waals surface area contributed by atoms with Crippen LogP contribution >= 0.6 is 11.3 Å². The number of hydrogen-bond acceptors (Lipinski definition) is 3. The second-order valence-electron chi connectivity index (χ2n) is 16.8. The van der Waals surface area contributed by atoms with Gasteiger partial charge >= 0.3 is 0 Å². The molecular formula is C59H33FO2S. The number of benzene rings is 10. The number of furan rings is 2. The zero-order valence-electron chi connectivity index (χ0n) is 33.7. The number of rotatable bonds is 4. The molecule has 1 aliphatic rings. The minimum atomic E-state index is -0.984. The largest absolute Gasteiger partial charge is 0.455 e. The van der Waals surface area contributed by atoms with E-state index in [4.69, 9.17) is 8.83 Å². The summed E-state index contributed by atoms with van der Waals surface area (Å²) >= 11 is 1.81. The van der Waals surface area contributed by atoms with E-state index in [-0.39, 0.29) is 5.82 Å². The van der Waals surface area contributed by atoms with Crippen LogP contribution in [-0.4, -0.2) is 0 Å². The van der Waals surface area contributed by atoms with Crippen LogP contribution in [0, 0.1) is 5.82 Å². The quantitative estimate of drug-likeness (QED) is 0.177. The Hall–Kier alpha value is -7.79. The third-order valence-electron chi connectivity index (χ3n) is 13.6. The predicted molar refractivity (Wildman–Crippen MR) is 260 cm³/mol. The molecule has 3 heterocycles. The first kappa shape index (κ1) is 34.9. The van der Waals surface area contributed by atoms with Crippen molar-refractivity contribution >= 4 is 86.2 Å². The molecule has 0 spiro atoms. The van der Waals surface area contributed by atoms with Crippen molar-refractivity contribution in [2.24, 2.45) is 0 Å². The molecule has 1 unspecified atom stereocenters. The molecule has 0 saturated heterocycles. The Morgan fingerprint density at radius 3 is 1.87 bits per heavy atom. The number of hydrogen-bond donors (Lipinski definition) is 0. The lowest BCUT2D eigenvalue weighted by molar-refractivity contribution is 0.620. The summed E-state index contributed by atoms with van der Waals surface area (Å²) in [5.74, 6) is -0.289. The van der Waals surface area contributed by atoms with E-state index in [2.05, 4.69) is 170 Å².